The molecule has 0 radical (unpaired) electrons. The van der Waals surface area contributed by atoms with Gasteiger partial charge in [0.15, 0.2) is 0 Å². The molecule has 0 atom stereocenters. The molecule has 0 unspecified atom stereocenters. The van der Waals surface area contributed by atoms with Gasteiger partial charge >= 0.3 is 11.9 Å². The van der Waals surface area contributed by atoms with E-state index >= 15 is 0 Å². The lowest BCUT2D eigenvalue weighted by atomic mass is 10.1. The summed E-state index contributed by atoms with van der Waals surface area (Å²) in [7, 11) is 0. The molecule has 1 aromatic carbocycles. The van der Waals surface area contributed by atoms with Crippen molar-refractivity contribution in [3.63, 3.8) is 0 Å². The summed E-state index contributed by atoms with van der Waals surface area (Å²) in [5.74, 6) is -0.0531. The van der Waals surface area contributed by atoms with Gasteiger partial charge in [-0.3, -0.25) is 0 Å². The summed E-state index contributed by atoms with van der Waals surface area (Å²) in [4.78, 5) is 22.3. The lowest BCUT2D eigenvalue weighted by Gasteiger charge is -2.10. The van der Waals surface area contributed by atoms with Crippen LogP contribution >= 0.6 is 12.6 Å². The fraction of sp³-hybridized carbons (Fsp3) is 0.714. The van der Waals surface area contributed by atoms with Crippen molar-refractivity contribution in [2.75, 3.05) is 98.2 Å². The van der Waals surface area contributed by atoms with E-state index in [2.05, 4.69) is 12.6 Å². The first-order valence-corrected chi connectivity index (χ1v) is 14.6. The van der Waals surface area contributed by atoms with Crippen LogP contribution in [0.3, 0.4) is 0 Å². The van der Waals surface area contributed by atoms with E-state index in [0.29, 0.717) is 71.8 Å². The van der Waals surface area contributed by atoms with E-state index in [1.54, 1.807) is 12.1 Å². The Kier molecular flexibility index (Phi) is 24.3. The van der Waals surface area contributed by atoms with Crippen LogP contribution in [-0.2, 0) is 49.2 Å². The van der Waals surface area contributed by atoms with Crippen LogP contribution in [0.4, 0.5) is 0 Å². The van der Waals surface area contributed by atoms with Gasteiger partial charge in [0.25, 0.3) is 0 Å². The average Bonchev–Trinajstić information content (AvgIpc) is 2.95. The zero-order valence-corrected chi connectivity index (χ0v) is 24.7. The van der Waals surface area contributed by atoms with Crippen LogP contribution < -0.4 is 4.74 Å². The number of hydrogen-bond acceptors (Lipinski definition) is 12. The van der Waals surface area contributed by atoms with Crippen molar-refractivity contribution in [3.8, 4) is 11.5 Å². The van der Waals surface area contributed by atoms with Crippen molar-refractivity contribution in [2.45, 2.75) is 32.1 Å². The Bertz CT molecular complexity index is 795. The fourth-order valence-corrected chi connectivity index (χ4v) is 3.52. The van der Waals surface area contributed by atoms with Gasteiger partial charge in [-0.1, -0.05) is 12.8 Å². The Morgan fingerprint density at radius 3 is 1.59 bits per heavy atom. The number of unbranched alkanes of at least 4 members (excludes halogenated alkanes) is 3. The molecule has 0 fully saturated rings. The number of carbonyl (C=O) groups is 2. The second kappa shape index (κ2) is 26.9. The van der Waals surface area contributed by atoms with Crippen LogP contribution in [0.2, 0.25) is 0 Å². The minimum Gasteiger partial charge on any atom is -0.508 e. The fourth-order valence-electron chi connectivity index (χ4n) is 3.30. The highest BCUT2D eigenvalue weighted by atomic mass is 32.1. The summed E-state index contributed by atoms with van der Waals surface area (Å²) in [5, 5.41) is 18.5. The molecule has 1 rings (SSSR count). The van der Waals surface area contributed by atoms with Crippen LogP contribution in [0, 0.1) is 0 Å². The molecule has 41 heavy (non-hydrogen) atoms. The Labute approximate surface area is 247 Å². The lowest BCUT2D eigenvalue weighted by molar-refractivity contribution is -0.143. The van der Waals surface area contributed by atoms with Gasteiger partial charge in [0.05, 0.1) is 79.3 Å². The number of phenols is 1. The maximum absolute atomic E-state index is 12.0. The summed E-state index contributed by atoms with van der Waals surface area (Å²) in [6, 6.07) is 4.79. The SMILES string of the molecule is O=C(O)COCCOCCOCCOCCOCCOCCOCC(=O)Oc1ccc(O)c(CCCCCCS)c1. The number of phenolic OH excluding ortho intramolecular Hbond substituents is 1. The predicted octanol–water partition coefficient (Wildman–Crippen LogP) is 2.53. The van der Waals surface area contributed by atoms with Gasteiger partial charge in [0.1, 0.15) is 24.7 Å². The number of thiol groups is 1. The second-order valence-corrected chi connectivity index (χ2v) is 9.16. The molecule has 0 saturated heterocycles. The molecule has 0 aliphatic heterocycles. The highest BCUT2D eigenvalue weighted by Crippen LogP contribution is 2.25. The van der Waals surface area contributed by atoms with E-state index < -0.39 is 11.9 Å². The van der Waals surface area contributed by atoms with E-state index in [1.165, 1.54) is 6.07 Å². The van der Waals surface area contributed by atoms with Crippen molar-refractivity contribution in [2.24, 2.45) is 0 Å². The highest BCUT2D eigenvalue weighted by molar-refractivity contribution is 7.80. The van der Waals surface area contributed by atoms with Gasteiger partial charge in [0, 0.05) is 0 Å². The summed E-state index contributed by atoms with van der Waals surface area (Å²) in [5.41, 5.74) is 0.761. The zero-order chi connectivity index (χ0) is 29.8. The Balaban J connectivity index is 1.88. The number of ether oxygens (including phenoxy) is 8. The van der Waals surface area contributed by atoms with Crippen molar-refractivity contribution in [3.05, 3.63) is 23.8 Å². The standard InChI is InChI=1S/C28H46O12S/c29-26-7-6-25(21-24(26)5-3-1-2-4-20-41)40-28(32)23-39-19-17-37-15-13-35-11-9-33-8-10-34-12-14-36-16-18-38-22-27(30)31/h6-7,21,29,41H,1-5,8-20,22-23H2,(H,30,31). The van der Waals surface area contributed by atoms with Crippen molar-refractivity contribution in [1.29, 1.82) is 0 Å². The summed E-state index contributed by atoms with van der Waals surface area (Å²) in [6.45, 7) is 3.93. The van der Waals surface area contributed by atoms with Crippen LogP contribution in [0.15, 0.2) is 18.2 Å². The largest absolute Gasteiger partial charge is 0.508 e. The van der Waals surface area contributed by atoms with E-state index in [0.717, 1.165) is 43.4 Å². The molecule has 0 heterocycles. The number of benzene rings is 1. The third-order valence-corrected chi connectivity index (χ3v) is 5.63. The van der Waals surface area contributed by atoms with Gasteiger partial charge in [0.2, 0.25) is 0 Å². The van der Waals surface area contributed by atoms with E-state index in [1.807, 2.05) is 0 Å². The zero-order valence-electron chi connectivity index (χ0n) is 23.8. The van der Waals surface area contributed by atoms with Gasteiger partial charge < -0.3 is 48.1 Å². The third kappa shape index (κ3) is 23.3. The smallest absolute Gasteiger partial charge is 0.337 e. The minimum atomic E-state index is -1.01. The normalized spacial score (nSPS) is 11.1. The van der Waals surface area contributed by atoms with Crippen molar-refractivity contribution >= 4 is 24.6 Å². The maximum Gasteiger partial charge on any atom is 0.337 e. The molecule has 13 heteroatoms. The average molecular weight is 607 g/mol. The van der Waals surface area contributed by atoms with Crippen LogP contribution in [0.1, 0.15) is 31.2 Å². The van der Waals surface area contributed by atoms with E-state index in [4.69, 9.17) is 43.0 Å². The van der Waals surface area contributed by atoms with E-state index in [9.17, 15) is 14.7 Å². The minimum absolute atomic E-state index is 0.197. The molecule has 1 aromatic rings. The number of aryl methyl sites for hydroxylation is 1. The van der Waals surface area contributed by atoms with Crippen molar-refractivity contribution < 1.29 is 57.7 Å². The predicted molar refractivity (Wildman–Crippen MR) is 153 cm³/mol. The number of carbonyl (C=O) groups excluding carboxylic acids is 1. The molecule has 12 nitrogen and oxygen atoms in total. The van der Waals surface area contributed by atoms with E-state index in [-0.39, 0.29) is 32.2 Å². The number of aromatic hydroxyl groups is 1. The molecular weight excluding hydrogens is 560 g/mol. The number of rotatable bonds is 29. The van der Waals surface area contributed by atoms with Gasteiger partial charge in [-0.25, -0.2) is 9.59 Å². The quantitative estimate of drug-likeness (QED) is 0.0533. The molecular formula is C28H46O12S. The number of aliphatic carboxylic acids is 1. The van der Waals surface area contributed by atoms with Crippen molar-refractivity contribution in [1.82, 2.24) is 0 Å². The topological polar surface area (TPSA) is 148 Å². The summed E-state index contributed by atoms with van der Waals surface area (Å²) in [6.07, 6.45) is 4.92. The maximum atomic E-state index is 12.0. The molecule has 0 aromatic heterocycles. The molecule has 0 saturated carbocycles. The molecule has 0 aliphatic rings. The Hall–Kier alpha value is -1.97. The van der Waals surface area contributed by atoms with Crippen LogP contribution in [-0.4, -0.2) is 120 Å². The first-order chi connectivity index (χ1) is 20.0. The number of esters is 1. The molecule has 0 spiro atoms. The van der Waals surface area contributed by atoms with Gasteiger partial charge in [-0.2, -0.15) is 12.6 Å². The molecule has 2 N–H and O–H groups in total. The van der Waals surface area contributed by atoms with Gasteiger partial charge in [-0.05, 0) is 48.8 Å². The molecule has 0 aliphatic carbocycles. The van der Waals surface area contributed by atoms with Crippen LogP contribution in [0.5, 0.6) is 11.5 Å². The Morgan fingerprint density at radius 1 is 0.634 bits per heavy atom. The Morgan fingerprint density at radius 2 is 1.10 bits per heavy atom. The van der Waals surface area contributed by atoms with Gasteiger partial charge in [-0.15, -0.1) is 0 Å². The summed E-state index contributed by atoms with van der Waals surface area (Å²) >= 11 is 4.21. The summed E-state index contributed by atoms with van der Waals surface area (Å²) < 4.78 is 42.2. The molecule has 236 valence electrons. The monoisotopic (exact) mass is 606 g/mol. The second-order valence-electron chi connectivity index (χ2n) is 8.71. The molecule has 0 bridgehead atoms. The van der Waals surface area contributed by atoms with Crippen LogP contribution in [0.25, 0.3) is 0 Å². The lowest BCUT2D eigenvalue weighted by Crippen LogP contribution is -2.18. The third-order valence-electron chi connectivity index (χ3n) is 5.31. The molecule has 0 amide bonds. The number of hydrogen-bond donors (Lipinski definition) is 3. The number of carboxylic acid groups (broad SMARTS) is 1. The highest BCUT2D eigenvalue weighted by Gasteiger charge is 2.09. The number of carboxylic acids is 1. The first kappa shape index (κ1) is 37.1. The first-order valence-electron chi connectivity index (χ1n) is 13.9.